The van der Waals surface area contributed by atoms with Crippen molar-refractivity contribution in [3.8, 4) is 0 Å². The van der Waals surface area contributed by atoms with E-state index in [1.807, 2.05) is 20.8 Å². The van der Waals surface area contributed by atoms with Crippen LogP contribution in [0.5, 0.6) is 0 Å². The number of nitrogens with two attached hydrogens (primary N) is 1. The second-order valence-corrected chi connectivity index (χ2v) is 4.43. The Balaban J connectivity index is 2.75. The van der Waals surface area contributed by atoms with Crippen molar-refractivity contribution in [1.29, 1.82) is 0 Å². The molecule has 0 heterocycles. The highest BCUT2D eigenvalue weighted by molar-refractivity contribution is 5.94. The Morgan fingerprint density at radius 1 is 1.20 bits per heavy atom. The predicted octanol–water partition coefficient (Wildman–Crippen LogP) is 1.50. The van der Waals surface area contributed by atoms with Gasteiger partial charge >= 0.3 is 0 Å². The minimum absolute atomic E-state index is 0.0777. The highest BCUT2D eigenvalue weighted by Crippen LogP contribution is 2.09. The van der Waals surface area contributed by atoms with Crippen LogP contribution in [0.3, 0.4) is 0 Å². The van der Waals surface area contributed by atoms with E-state index in [4.69, 9.17) is 5.84 Å². The maximum absolute atomic E-state index is 11.7. The van der Waals surface area contributed by atoms with Crippen LogP contribution in [0.15, 0.2) is 24.3 Å². The van der Waals surface area contributed by atoms with E-state index in [0.29, 0.717) is 5.56 Å². The van der Waals surface area contributed by atoms with E-state index in [1.165, 1.54) is 0 Å². The lowest BCUT2D eigenvalue weighted by atomic mass is 10.1. The zero-order chi connectivity index (χ0) is 11.5. The Hall–Kier alpha value is -1.55. The number of carbonyl (C=O) groups excluding carboxylic acids is 1. The van der Waals surface area contributed by atoms with Crippen LogP contribution >= 0.6 is 0 Å². The fraction of sp³-hybridized carbons (Fsp3) is 0.364. The summed E-state index contributed by atoms with van der Waals surface area (Å²) in [6.07, 6.45) is 0. The Kier molecular flexibility index (Phi) is 3.31. The van der Waals surface area contributed by atoms with Gasteiger partial charge < -0.3 is 10.7 Å². The van der Waals surface area contributed by atoms with Crippen LogP contribution in [-0.2, 0) is 0 Å². The zero-order valence-corrected chi connectivity index (χ0v) is 9.29. The maximum Gasteiger partial charge on any atom is 0.251 e. The lowest BCUT2D eigenvalue weighted by molar-refractivity contribution is 0.0919. The molecule has 15 heavy (non-hydrogen) atoms. The Morgan fingerprint density at radius 2 is 1.73 bits per heavy atom. The van der Waals surface area contributed by atoms with Gasteiger partial charge in [0.2, 0.25) is 0 Å². The van der Waals surface area contributed by atoms with Crippen LogP contribution in [-0.4, -0.2) is 11.4 Å². The molecule has 0 saturated heterocycles. The summed E-state index contributed by atoms with van der Waals surface area (Å²) in [7, 11) is 0. The summed E-state index contributed by atoms with van der Waals surface area (Å²) in [5.41, 5.74) is 3.70. The molecule has 0 radical (unpaired) electrons. The van der Waals surface area contributed by atoms with Gasteiger partial charge in [0, 0.05) is 16.8 Å². The van der Waals surface area contributed by atoms with Gasteiger partial charge in [0.1, 0.15) is 0 Å². The molecule has 4 heteroatoms. The van der Waals surface area contributed by atoms with E-state index in [1.54, 1.807) is 24.3 Å². The predicted molar refractivity (Wildman–Crippen MR) is 61.5 cm³/mol. The van der Waals surface area contributed by atoms with Crippen LogP contribution in [0.4, 0.5) is 5.69 Å². The fourth-order valence-electron chi connectivity index (χ4n) is 1.13. The van der Waals surface area contributed by atoms with Gasteiger partial charge in [-0.15, -0.1) is 0 Å². The van der Waals surface area contributed by atoms with E-state index < -0.39 is 0 Å². The lowest BCUT2D eigenvalue weighted by Crippen LogP contribution is -2.40. The number of carbonyl (C=O) groups is 1. The highest BCUT2D eigenvalue weighted by Gasteiger charge is 2.14. The number of benzene rings is 1. The van der Waals surface area contributed by atoms with Crippen LogP contribution in [0.25, 0.3) is 0 Å². The number of nitrogens with one attached hydrogen (secondary N) is 2. The van der Waals surface area contributed by atoms with Crippen molar-refractivity contribution in [2.75, 3.05) is 5.43 Å². The molecule has 0 spiro atoms. The molecule has 1 aromatic rings. The first-order chi connectivity index (χ1) is 6.92. The van der Waals surface area contributed by atoms with Crippen molar-refractivity contribution in [2.24, 2.45) is 5.84 Å². The zero-order valence-electron chi connectivity index (χ0n) is 9.29. The Labute approximate surface area is 89.8 Å². The van der Waals surface area contributed by atoms with E-state index in [0.717, 1.165) is 5.69 Å². The number of hydrogen-bond acceptors (Lipinski definition) is 3. The van der Waals surface area contributed by atoms with Gasteiger partial charge in [-0.1, -0.05) is 0 Å². The molecule has 0 aliphatic heterocycles. The first-order valence-corrected chi connectivity index (χ1v) is 4.81. The van der Waals surface area contributed by atoms with Crippen molar-refractivity contribution in [3.63, 3.8) is 0 Å². The SMILES string of the molecule is CC(C)(C)NC(=O)c1ccc(NN)cc1. The summed E-state index contributed by atoms with van der Waals surface area (Å²) < 4.78 is 0. The lowest BCUT2D eigenvalue weighted by Gasteiger charge is -2.20. The molecule has 1 aromatic carbocycles. The van der Waals surface area contributed by atoms with E-state index in [2.05, 4.69) is 10.7 Å². The van der Waals surface area contributed by atoms with Crippen molar-refractivity contribution < 1.29 is 4.79 Å². The van der Waals surface area contributed by atoms with Gasteiger partial charge in [0.05, 0.1) is 0 Å². The van der Waals surface area contributed by atoms with E-state index >= 15 is 0 Å². The Morgan fingerprint density at radius 3 is 2.13 bits per heavy atom. The molecule has 0 saturated carbocycles. The second-order valence-electron chi connectivity index (χ2n) is 4.43. The van der Waals surface area contributed by atoms with Crippen LogP contribution in [0.1, 0.15) is 31.1 Å². The molecule has 1 rings (SSSR count). The topological polar surface area (TPSA) is 67.2 Å². The average molecular weight is 207 g/mol. The van der Waals surface area contributed by atoms with Crippen LogP contribution in [0.2, 0.25) is 0 Å². The molecule has 0 fully saturated rings. The minimum atomic E-state index is -0.220. The van der Waals surface area contributed by atoms with Crippen LogP contribution < -0.4 is 16.6 Å². The van der Waals surface area contributed by atoms with E-state index in [9.17, 15) is 4.79 Å². The number of rotatable bonds is 2. The van der Waals surface area contributed by atoms with Gasteiger partial charge in [-0.25, -0.2) is 0 Å². The molecular formula is C11H17N3O. The average Bonchev–Trinajstić information content (AvgIpc) is 2.15. The third-order valence-corrected chi connectivity index (χ3v) is 1.80. The number of hydrazine groups is 1. The smallest absolute Gasteiger partial charge is 0.251 e. The van der Waals surface area contributed by atoms with Gasteiger partial charge in [-0.2, -0.15) is 0 Å². The fourth-order valence-corrected chi connectivity index (χ4v) is 1.13. The number of amides is 1. The third-order valence-electron chi connectivity index (χ3n) is 1.80. The molecule has 0 bridgehead atoms. The van der Waals surface area contributed by atoms with Crippen molar-refractivity contribution in [1.82, 2.24) is 5.32 Å². The maximum atomic E-state index is 11.7. The summed E-state index contributed by atoms with van der Waals surface area (Å²) in [4.78, 5) is 11.7. The quantitative estimate of drug-likeness (QED) is 0.508. The molecule has 0 unspecified atom stereocenters. The number of hydrogen-bond donors (Lipinski definition) is 3. The third kappa shape index (κ3) is 3.59. The standard InChI is InChI=1S/C11H17N3O/c1-11(2,3)13-10(15)8-4-6-9(14-12)7-5-8/h4-7,14H,12H2,1-3H3,(H,13,15). The monoisotopic (exact) mass is 207 g/mol. The molecule has 0 aromatic heterocycles. The van der Waals surface area contributed by atoms with Crippen molar-refractivity contribution in [3.05, 3.63) is 29.8 Å². The molecule has 0 aliphatic rings. The first-order valence-electron chi connectivity index (χ1n) is 4.81. The molecule has 4 N–H and O–H groups in total. The van der Waals surface area contributed by atoms with Crippen LogP contribution in [0, 0.1) is 0 Å². The van der Waals surface area contributed by atoms with Gasteiger partial charge in [-0.3, -0.25) is 10.6 Å². The number of anilines is 1. The van der Waals surface area contributed by atoms with Gasteiger partial charge in [-0.05, 0) is 45.0 Å². The molecule has 4 nitrogen and oxygen atoms in total. The summed E-state index contributed by atoms with van der Waals surface area (Å²) >= 11 is 0. The molecular weight excluding hydrogens is 190 g/mol. The normalized spacial score (nSPS) is 10.9. The molecule has 82 valence electrons. The summed E-state index contributed by atoms with van der Waals surface area (Å²) in [5, 5.41) is 2.88. The number of nitrogen functional groups attached to an aromatic ring is 1. The van der Waals surface area contributed by atoms with Crippen molar-refractivity contribution >= 4 is 11.6 Å². The summed E-state index contributed by atoms with van der Waals surface area (Å²) in [5.74, 6) is 5.15. The molecule has 1 amide bonds. The van der Waals surface area contributed by atoms with Gasteiger partial charge in [0.15, 0.2) is 0 Å². The summed E-state index contributed by atoms with van der Waals surface area (Å²) in [6.45, 7) is 5.84. The second kappa shape index (κ2) is 4.31. The Bertz CT molecular complexity index is 338. The molecule has 0 aliphatic carbocycles. The van der Waals surface area contributed by atoms with E-state index in [-0.39, 0.29) is 11.4 Å². The highest BCUT2D eigenvalue weighted by atomic mass is 16.1. The molecule has 0 atom stereocenters. The largest absolute Gasteiger partial charge is 0.347 e. The summed E-state index contributed by atoms with van der Waals surface area (Å²) in [6, 6.07) is 6.99. The van der Waals surface area contributed by atoms with Gasteiger partial charge in [0.25, 0.3) is 5.91 Å². The first kappa shape index (κ1) is 11.5. The minimum Gasteiger partial charge on any atom is -0.347 e. The van der Waals surface area contributed by atoms with Crippen molar-refractivity contribution in [2.45, 2.75) is 26.3 Å².